The Morgan fingerprint density at radius 2 is 1.76 bits per heavy atom. The molecule has 1 aliphatic heterocycles. The second-order valence-electron chi connectivity index (χ2n) is 6.39. The van der Waals surface area contributed by atoms with E-state index >= 15 is 0 Å². The molecule has 0 N–H and O–H groups in total. The van der Waals surface area contributed by atoms with Crippen LogP contribution in [0, 0.1) is 6.92 Å². The number of ether oxygens (including phenoxy) is 3. The number of likely N-dealkylation sites (N-methyl/N-ethyl adjacent to an activating group) is 1. The van der Waals surface area contributed by atoms with Crippen molar-refractivity contribution in [3.63, 3.8) is 0 Å². The van der Waals surface area contributed by atoms with Gasteiger partial charge in [0.2, 0.25) is 0 Å². The van der Waals surface area contributed by atoms with Gasteiger partial charge in [0.05, 0.1) is 11.5 Å². The summed E-state index contributed by atoms with van der Waals surface area (Å²) in [4.78, 5) is 14.3. The minimum Gasteiger partial charge on any atom is -0.490 e. The summed E-state index contributed by atoms with van der Waals surface area (Å²) in [5.74, 6) is 1.99. The lowest BCUT2D eigenvalue weighted by molar-refractivity contribution is -0.121. The van der Waals surface area contributed by atoms with Gasteiger partial charge in [-0.3, -0.25) is 9.69 Å². The number of thioether (sulfide) groups is 1. The number of rotatable bonds is 8. The van der Waals surface area contributed by atoms with Gasteiger partial charge in [0.25, 0.3) is 5.91 Å². The third-order valence-corrected chi connectivity index (χ3v) is 5.67. The number of hydrogen-bond acceptors (Lipinski definition) is 6. The van der Waals surface area contributed by atoms with Gasteiger partial charge in [0.1, 0.15) is 23.3 Å². The molecule has 1 saturated heterocycles. The van der Waals surface area contributed by atoms with Crippen LogP contribution in [-0.2, 0) is 4.79 Å². The highest BCUT2D eigenvalue weighted by atomic mass is 32.2. The second-order valence-corrected chi connectivity index (χ2v) is 8.07. The van der Waals surface area contributed by atoms with Crippen LogP contribution < -0.4 is 14.2 Å². The van der Waals surface area contributed by atoms with Crippen LogP contribution in [0.4, 0.5) is 0 Å². The van der Waals surface area contributed by atoms with Crippen molar-refractivity contribution in [2.45, 2.75) is 13.8 Å². The summed E-state index contributed by atoms with van der Waals surface area (Å²) in [6.45, 7) is 5.28. The molecule has 1 amide bonds. The van der Waals surface area contributed by atoms with Crippen molar-refractivity contribution in [2.75, 3.05) is 26.9 Å². The second kappa shape index (κ2) is 9.80. The summed E-state index contributed by atoms with van der Waals surface area (Å²) >= 11 is 6.47. The Balaban J connectivity index is 1.64. The standard InChI is InChI=1S/C22H23NO4S2/c1-4-25-19-13-16(14-20-21(24)23(3)22(28)29-20)7-10-18(19)27-12-11-26-17-8-5-15(2)6-9-17/h5-10,13-14H,4,11-12H2,1-3H3/b20-14-. The van der Waals surface area contributed by atoms with E-state index in [1.165, 1.54) is 22.2 Å². The first-order valence-electron chi connectivity index (χ1n) is 9.28. The predicted octanol–water partition coefficient (Wildman–Crippen LogP) is 4.68. The molecular formula is C22H23NO4S2. The third kappa shape index (κ3) is 5.52. The molecular weight excluding hydrogens is 406 g/mol. The maximum absolute atomic E-state index is 12.2. The molecule has 2 aromatic rings. The zero-order chi connectivity index (χ0) is 20.8. The van der Waals surface area contributed by atoms with Gasteiger partial charge in [-0.15, -0.1) is 0 Å². The first-order valence-corrected chi connectivity index (χ1v) is 10.5. The monoisotopic (exact) mass is 429 g/mol. The maximum Gasteiger partial charge on any atom is 0.265 e. The minimum absolute atomic E-state index is 0.0912. The van der Waals surface area contributed by atoms with Crippen LogP contribution in [0.1, 0.15) is 18.1 Å². The number of thiocarbonyl (C=S) groups is 1. The van der Waals surface area contributed by atoms with Gasteiger partial charge in [-0.05, 0) is 49.8 Å². The van der Waals surface area contributed by atoms with Crippen LogP contribution in [0.3, 0.4) is 0 Å². The van der Waals surface area contributed by atoms with Crippen molar-refractivity contribution in [1.29, 1.82) is 0 Å². The Morgan fingerprint density at radius 3 is 2.41 bits per heavy atom. The summed E-state index contributed by atoms with van der Waals surface area (Å²) in [5.41, 5.74) is 2.04. The Kier molecular flexibility index (Phi) is 7.17. The lowest BCUT2D eigenvalue weighted by Crippen LogP contribution is -2.22. The largest absolute Gasteiger partial charge is 0.490 e. The van der Waals surface area contributed by atoms with Gasteiger partial charge in [0, 0.05) is 7.05 Å². The molecule has 1 fully saturated rings. The van der Waals surface area contributed by atoms with Crippen LogP contribution in [0.15, 0.2) is 47.4 Å². The molecule has 5 nitrogen and oxygen atoms in total. The van der Waals surface area contributed by atoms with E-state index in [2.05, 4.69) is 0 Å². The van der Waals surface area contributed by atoms with E-state index in [-0.39, 0.29) is 5.91 Å². The number of nitrogens with zero attached hydrogens (tertiary/aromatic N) is 1. The number of amides is 1. The first kappa shape index (κ1) is 21.2. The quantitative estimate of drug-likeness (QED) is 0.345. The molecule has 29 heavy (non-hydrogen) atoms. The van der Waals surface area contributed by atoms with Crippen LogP contribution in [0.2, 0.25) is 0 Å². The average Bonchev–Trinajstić information content (AvgIpc) is 2.95. The van der Waals surface area contributed by atoms with Crippen LogP contribution in [0.25, 0.3) is 6.08 Å². The van der Waals surface area contributed by atoms with Gasteiger partial charge < -0.3 is 14.2 Å². The smallest absolute Gasteiger partial charge is 0.265 e. The molecule has 7 heteroatoms. The molecule has 0 bridgehead atoms. The number of aryl methyl sites for hydroxylation is 1. The SMILES string of the molecule is CCOc1cc(/C=C2\SC(=S)N(C)C2=O)ccc1OCCOc1ccc(C)cc1. The van der Waals surface area contributed by atoms with E-state index < -0.39 is 0 Å². The molecule has 0 aromatic heterocycles. The molecule has 2 aromatic carbocycles. The van der Waals surface area contributed by atoms with E-state index in [0.29, 0.717) is 40.5 Å². The predicted molar refractivity (Wildman–Crippen MR) is 121 cm³/mol. The van der Waals surface area contributed by atoms with Crippen LogP contribution >= 0.6 is 24.0 Å². The van der Waals surface area contributed by atoms with Crippen molar-refractivity contribution in [1.82, 2.24) is 4.90 Å². The lowest BCUT2D eigenvalue weighted by Gasteiger charge is -2.13. The summed E-state index contributed by atoms with van der Waals surface area (Å²) in [7, 11) is 1.68. The Bertz CT molecular complexity index is 925. The zero-order valence-electron chi connectivity index (χ0n) is 16.6. The highest BCUT2D eigenvalue weighted by Gasteiger charge is 2.28. The van der Waals surface area contributed by atoms with E-state index in [9.17, 15) is 4.79 Å². The van der Waals surface area contributed by atoms with Crippen molar-refractivity contribution in [3.8, 4) is 17.2 Å². The van der Waals surface area contributed by atoms with E-state index in [1.54, 1.807) is 7.05 Å². The van der Waals surface area contributed by atoms with Gasteiger partial charge in [0.15, 0.2) is 11.5 Å². The molecule has 1 aliphatic rings. The fourth-order valence-electron chi connectivity index (χ4n) is 2.64. The molecule has 0 aliphatic carbocycles. The van der Waals surface area contributed by atoms with E-state index in [0.717, 1.165) is 11.3 Å². The first-order chi connectivity index (χ1) is 14.0. The number of carbonyl (C=O) groups excluding carboxylic acids is 1. The molecule has 3 rings (SSSR count). The molecule has 1 heterocycles. The highest BCUT2D eigenvalue weighted by molar-refractivity contribution is 8.26. The summed E-state index contributed by atoms with van der Waals surface area (Å²) in [6.07, 6.45) is 1.82. The maximum atomic E-state index is 12.2. The Morgan fingerprint density at radius 1 is 1.03 bits per heavy atom. The summed E-state index contributed by atoms with van der Waals surface area (Å²) in [5, 5.41) is 0. The lowest BCUT2D eigenvalue weighted by atomic mass is 10.2. The van der Waals surface area contributed by atoms with E-state index in [1.807, 2.05) is 62.4 Å². The fourth-order valence-corrected chi connectivity index (χ4v) is 3.82. The molecule has 0 unspecified atom stereocenters. The zero-order valence-corrected chi connectivity index (χ0v) is 18.3. The highest BCUT2D eigenvalue weighted by Crippen LogP contribution is 2.34. The average molecular weight is 430 g/mol. The van der Waals surface area contributed by atoms with Gasteiger partial charge in [-0.25, -0.2) is 0 Å². The third-order valence-electron chi connectivity index (χ3n) is 4.18. The van der Waals surface area contributed by atoms with Gasteiger partial charge >= 0.3 is 0 Å². The number of hydrogen-bond donors (Lipinski definition) is 0. The van der Waals surface area contributed by atoms with E-state index in [4.69, 9.17) is 26.4 Å². The number of benzene rings is 2. The molecule has 152 valence electrons. The van der Waals surface area contributed by atoms with Crippen LogP contribution in [0.5, 0.6) is 17.2 Å². The topological polar surface area (TPSA) is 48.0 Å². The van der Waals surface area contributed by atoms with Crippen molar-refractivity contribution in [3.05, 3.63) is 58.5 Å². The summed E-state index contributed by atoms with van der Waals surface area (Å²) in [6, 6.07) is 13.5. The molecule has 0 radical (unpaired) electrons. The molecule has 0 atom stereocenters. The Hall–Kier alpha value is -2.51. The van der Waals surface area contributed by atoms with Crippen molar-refractivity contribution >= 4 is 40.3 Å². The van der Waals surface area contributed by atoms with Crippen molar-refractivity contribution < 1.29 is 19.0 Å². The van der Waals surface area contributed by atoms with Crippen LogP contribution in [-0.4, -0.2) is 42.0 Å². The Labute approximate surface area is 180 Å². The normalized spacial score (nSPS) is 15.1. The van der Waals surface area contributed by atoms with Gasteiger partial charge in [-0.1, -0.05) is 47.7 Å². The minimum atomic E-state index is -0.0912. The fraction of sp³-hybridized carbons (Fsp3) is 0.273. The van der Waals surface area contributed by atoms with Crippen molar-refractivity contribution in [2.24, 2.45) is 0 Å². The van der Waals surface area contributed by atoms with Gasteiger partial charge in [-0.2, -0.15) is 0 Å². The molecule has 0 spiro atoms. The molecule has 0 saturated carbocycles. The summed E-state index contributed by atoms with van der Waals surface area (Å²) < 4.78 is 17.8. The number of carbonyl (C=O) groups is 1.